The molecular weight excluding hydrogens is 409 g/mol. The van der Waals surface area contributed by atoms with Crippen LogP contribution in [-0.2, 0) is 16.0 Å². The smallest absolute Gasteiger partial charge is 0.226 e. The Kier molecular flexibility index (Phi) is 6.85. The summed E-state index contributed by atoms with van der Waals surface area (Å²) in [5.41, 5.74) is 3.29. The lowest BCUT2D eigenvalue weighted by molar-refractivity contribution is -0.121. The Balaban J connectivity index is 1.56. The number of aromatic nitrogens is 2. The van der Waals surface area contributed by atoms with Crippen molar-refractivity contribution in [3.63, 3.8) is 0 Å². The average molecular weight is 438 g/mol. The van der Waals surface area contributed by atoms with Crippen LogP contribution in [0.25, 0.3) is 5.69 Å². The Hall–Kier alpha value is -3.19. The molecule has 1 aliphatic rings. The summed E-state index contributed by atoms with van der Waals surface area (Å²) in [7, 11) is 0. The fourth-order valence-corrected chi connectivity index (χ4v) is 3.82. The first kappa shape index (κ1) is 22.0. The summed E-state index contributed by atoms with van der Waals surface area (Å²) in [6, 6.07) is 13.8. The Morgan fingerprint density at radius 1 is 1.22 bits per heavy atom. The number of nitrogens with one attached hydrogen (secondary N) is 1. The Bertz CT molecular complexity index is 1070. The number of rotatable bonds is 8. The zero-order valence-corrected chi connectivity index (χ0v) is 18.4. The number of halogens is 1. The Morgan fingerprint density at radius 2 is 2.00 bits per heavy atom. The standard InChI is InChI=1S/C25H28FN3O3/c1-17-6-3-4-8-23(17)32-25-22(13-14-24(30)27-16-21-7-5-15-31-21)18(2)28-29(25)20-11-9-19(26)10-12-20/h3-4,6,8-12,21H,5,7,13-16H2,1-2H3,(H,27,30)/t21-/m1/s1. The normalized spacial score (nSPS) is 15.7. The Morgan fingerprint density at radius 3 is 2.72 bits per heavy atom. The first-order valence-electron chi connectivity index (χ1n) is 11.0. The SMILES string of the molecule is Cc1ccccc1Oc1c(CCC(=O)NC[C@H]2CCCO2)c(C)nn1-c1ccc(F)cc1. The number of para-hydroxylation sites is 1. The van der Waals surface area contributed by atoms with Crippen molar-refractivity contribution in [3.8, 4) is 17.3 Å². The van der Waals surface area contributed by atoms with Crippen molar-refractivity contribution in [1.82, 2.24) is 15.1 Å². The van der Waals surface area contributed by atoms with Crippen molar-refractivity contribution < 1.29 is 18.7 Å². The lowest BCUT2D eigenvalue weighted by Crippen LogP contribution is -2.31. The van der Waals surface area contributed by atoms with Crippen LogP contribution in [0.5, 0.6) is 11.6 Å². The molecule has 1 aromatic heterocycles. The van der Waals surface area contributed by atoms with E-state index < -0.39 is 0 Å². The topological polar surface area (TPSA) is 65.4 Å². The molecule has 7 heteroatoms. The van der Waals surface area contributed by atoms with E-state index in [0.717, 1.165) is 36.3 Å². The lowest BCUT2D eigenvalue weighted by atomic mass is 10.1. The summed E-state index contributed by atoms with van der Waals surface area (Å²) >= 11 is 0. The molecule has 3 aromatic rings. The largest absolute Gasteiger partial charge is 0.438 e. The summed E-state index contributed by atoms with van der Waals surface area (Å²) in [4.78, 5) is 12.4. The van der Waals surface area contributed by atoms with E-state index in [-0.39, 0.29) is 17.8 Å². The molecule has 2 aromatic carbocycles. The highest BCUT2D eigenvalue weighted by atomic mass is 19.1. The maximum Gasteiger partial charge on any atom is 0.226 e. The number of nitrogens with zero attached hydrogens (tertiary/aromatic N) is 2. The molecule has 0 bridgehead atoms. The third-order valence-electron chi connectivity index (χ3n) is 5.66. The van der Waals surface area contributed by atoms with E-state index in [2.05, 4.69) is 10.4 Å². The first-order valence-corrected chi connectivity index (χ1v) is 11.0. The van der Waals surface area contributed by atoms with E-state index in [1.165, 1.54) is 12.1 Å². The fraction of sp³-hybridized carbons (Fsp3) is 0.360. The van der Waals surface area contributed by atoms with Gasteiger partial charge in [-0.3, -0.25) is 4.79 Å². The summed E-state index contributed by atoms with van der Waals surface area (Å²) in [6.45, 7) is 5.17. The highest BCUT2D eigenvalue weighted by Gasteiger charge is 2.21. The average Bonchev–Trinajstić information content (AvgIpc) is 3.41. The number of aryl methyl sites for hydroxylation is 2. The molecule has 168 valence electrons. The van der Waals surface area contributed by atoms with Crippen LogP contribution in [0.1, 0.15) is 36.1 Å². The van der Waals surface area contributed by atoms with Crippen LogP contribution in [-0.4, -0.2) is 34.9 Å². The van der Waals surface area contributed by atoms with Gasteiger partial charge in [0.2, 0.25) is 11.8 Å². The third-order valence-corrected chi connectivity index (χ3v) is 5.66. The minimum absolute atomic E-state index is 0.0312. The van der Waals surface area contributed by atoms with E-state index in [1.54, 1.807) is 16.8 Å². The molecule has 6 nitrogen and oxygen atoms in total. The van der Waals surface area contributed by atoms with Gasteiger partial charge in [-0.15, -0.1) is 0 Å². The number of hydrogen-bond donors (Lipinski definition) is 1. The highest BCUT2D eigenvalue weighted by molar-refractivity contribution is 5.76. The minimum atomic E-state index is -0.317. The van der Waals surface area contributed by atoms with Crippen molar-refractivity contribution in [2.75, 3.05) is 13.2 Å². The van der Waals surface area contributed by atoms with Crippen LogP contribution < -0.4 is 10.1 Å². The molecule has 1 N–H and O–H groups in total. The van der Waals surface area contributed by atoms with E-state index in [1.807, 2.05) is 38.1 Å². The highest BCUT2D eigenvalue weighted by Crippen LogP contribution is 2.33. The molecule has 0 unspecified atom stereocenters. The van der Waals surface area contributed by atoms with Gasteiger partial charge in [-0.25, -0.2) is 9.07 Å². The van der Waals surface area contributed by atoms with Crippen molar-refractivity contribution in [2.24, 2.45) is 0 Å². The van der Waals surface area contributed by atoms with E-state index >= 15 is 0 Å². The van der Waals surface area contributed by atoms with Crippen LogP contribution in [0.2, 0.25) is 0 Å². The van der Waals surface area contributed by atoms with Crippen molar-refractivity contribution in [1.29, 1.82) is 0 Å². The molecule has 4 rings (SSSR count). The molecule has 0 radical (unpaired) electrons. The molecule has 32 heavy (non-hydrogen) atoms. The fourth-order valence-electron chi connectivity index (χ4n) is 3.82. The predicted octanol–water partition coefficient (Wildman–Crippen LogP) is 4.65. The van der Waals surface area contributed by atoms with Gasteiger partial charge in [0.15, 0.2) is 0 Å². The molecule has 0 spiro atoms. The number of ether oxygens (including phenoxy) is 2. The van der Waals surface area contributed by atoms with E-state index in [4.69, 9.17) is 9.47 Å². The Labute approximate surface area is 187 Å². The van der Waals surface area contributed by atoms with Gasteiger partial charge < -0.3 is 14.8 Å². The van der Waals surface area contributed by atoms with Crippen LogP contribution in [0.3, 0.4) is 0 Å². The quantitative estimate of drug-likeness (QED) is 0.557. The van der Waals surface area contributed by atoms with Crippen LogP contribution in [0.15, 0.2) is 48.5 Å². The number of carbonyl (C=O) groups excluding carboxylic acids is 1. The molecule has 1 fully saturated rings. The molecular formula is C25H28FN3O3. The van der Waals surface area contributed by atoms with Gasteiger partial charge >= 0.3 is 0 Å². The predicted molar refractivity (Wildman–Crippen MR) is 120 cm³/mol. The minimum Gasteiger partial charge on any atom is -0.438 e. The lowest BCUT2D eigenvalue weighted by Gasteiger charge is -2.13. The van der Waals surface area contributed by atoms with Crippen molar-refractivity contribution in [3.05, 3.63) is 71.2 Å². The number of benzene rings is 2. The van der Waals surface area contributed by atoms with Gasteiger partial charge in [-0.2, -0.15) is 5.10 Å². The molecule has 1 saturated heterocycles. The van der Waals surface area contributed by atoms with Gasteiger partial charge in [0, 0.05) is 25.1 Å². The maximum absolute atomic E-state index is 13.5. The number of carbonyl (C=O) groups is 1. The molecule has 1 aliphatic heterocycles. The molecule has 1 atom stereocenters. The first-order chi connectivity index (χ1) is 15.5. The molecule has 0 saturated carbocycles. The second kappa shape index (κ2) is 9.96. The zero-order valence-electron chi connectivity index (χ0n) is 18.4. The van der Waals surface area contributed by atoms with Crippen molar-refractivity contribution >= 4 is 5.91 Å². The van der Waals surface area contributed by atoms with Gasteiger partial charge in [0.25, 0.3) is 0 Å². The van der Waals surface area contributed by atoms with Crippen molar-refractivity contribution in [2.45, 2.75) is 45.6 Å². The maximum atomic E-state index is 13.5. The van der Waals surface area contributed by atoms with E-state index in [9.17, 15) is 9.18 Å². The molecule has 0 aliphatic carbocycles. The van der Waals surface area contributed by atoms with Crippen LogP contribution >= 0.6 is 0 Å². The van der Waals surface area contributed by atoms with Gasteiger partial charge in [0.05, 0.1) is 17.5 Å². The van der Waals surface area contributed by atoms with Crippen LogP contribution in [0, 0.1) is 19.7 Å². The summed E-state index contributed by atoms with van der Waals surface area (Å²) in [6.07, 6.45) is 2.93. The summed E-state index contributed by atoms with van der Waals surface area (Å²) < 4.78 is 27.0. The second-order valence-corrected chi connectivity index (χ2v) is 8.06. The summed E-state index contributed by atoms with van der Waals surface area (Å²) in [5.74, 6) is 0.897. The van der Waals surface area contributed by atoms with Crippen LogP contribution in [0.4, 0.5) is 4.39 Å². The van der Waals surface area contributed by atoms with Gasteiger partial charge in [0.1, 0.15) is 11.6 Å². The zero-order chi connectivity index (χ0) is 22.5. The second-order valence-electron chi connectivity index (χ2n) is 8.06. The molecule has 2 heterocycles. The summed E-state index contributed by atoms with van der Waals surface area (Å²) in [5, 5.41) is 7.60. The number of amides is 1. The number of hydrogen-bond acceptors (Lipinski definition) is 4. The molecule has 1 amide bonds. The third kappa shape index (κ3) is 5.16. The van der Waals surface area contributed by atoms with Gasteiger partial charge in [-0.05, 0) is 69.0 Å². The monoisotopic (exact) mass is 437 g/mol. The van der Waals surface area contributed by atoms with Gasteiger partial charge in [-0.1, -0.05) is 18.2 Å². The van der Waals surface area contributed by atoms with E-state index in [0.29, 0.717) is 36.7 Å².